The smallest absolute Gasteiger partial charge is 0.0715 e. The van der Waals surface area contributed by atoms with Crippen LogP contribution in [0.25, 0.3) is 5.69 Å². The van der Waals surface area contributed by atoms with Gasteiger partial charge in [0.15, 0.2) is 0 Å². The first kappa shape index (κ1) is 9.93. The van der Waals surface area contributed by atoms with Crippen LogP contribution < -0.4 is 0 Å². The lowest BCUT2D eigenvalue weighted by molar-refractivity contribution is 0.281. The molecule has 0 radical (unpaired) electrons. The molecule has 0 bridgehead atoms. The molecule has 0 saturated heterocycles. The number of aliphatic hydroxyl groups is 1. The molecule has 3 heteroatoms. The van der Waals surface area contributed by atoms with Crippen LogP contribution in [0.2, 0.25) is 0 Å². The Hall–Kier alpha value is -1.61. The van der Waals surface area contributed by atoms with Crippen LogP contribution in [0.3, 0.4) is 0 Å². The molecule has 1 heterocycles. The minimum Gasteiger partial charge on any atom is -0.392 e. The van der Waals surface area contributed by atoms with E-state index in [4.69, 9.17) is 5.11 Å². The van der Waals surface area contributed by atoms with Crippen LogP contribution in [0.5, 0.6) is 0 Å². The lowest BCUT2D eigenvalue weighted by Crippen LogP contribution is -1.99. The minimum atomic E-state index is 0.0394. The largest absolute Gasteiger partial charge is 0.392 e. The number of rotatable bonds is 2. The molecule has 15 heavy (non-hydrogen) atoms. The second-order valence-electron chi connectivity index (χ2n) is 3.66. The van der Waals surface area contributed by atoms with E-state index in [9.17, 15) is 0 Å². The highest BCUT2D eigenvalue weighted by molar-refractivity contribution is 5.36. The van der Waals surface area contributed by atoms with E-state index in [1.54, 1.807) is 6.20 Å². The van der Waals surface area contributed by atoms with Gasteiger partial charge in [0.25, 0.3) is 0 Å². The fourth-order valence-electron chi connectivity index (χ4n) is 1.54. The zero-order chi connectivity index (χ0) is 10.8. The van der Waals surface area contributed by atoms with E-state index in [2.05, 4.69) is 24.2 Å². The van der Waals surface area contributed by atoms with Gasteiger partial charge in [-0.3, -0.25) is 0 Å². The third kappa shape index (κ3) is 1.78. The molecule has 1 aromatic heterocycles. The molecule has 0 aliphatic heterocycles. The summed E-state index contributed by atoms with van der Waals surface area (Å²) in [7, 11) is 0. The molecule has 0 amide bonds. The van der Waals surface area contributed by atoms with Crippen LogP contribution >= 0.6 is 0 Å². The van der Waals surface area contributed by atoms with Crippen molar-refractivity contribution >= 4 is 0 Å². The van der Waals surface area contributed by atoms with Gasteiger partial charge < -0.3 is 5.11 Å². The van der Waals surface area contributed by atoms with Crippen LogP contribution in [0.1, 0.15) is 16.8 Å². The molecular formula is C12H14N2O. The van der Waals surface area contributed by atoms with Gasteiger partial charge in [-0.2, -0.15) is 5.10 Å². The fourth-order valence-corrected chi connectivity index (χ4v) is 1.54. The number of nitrogens with zero attached hydrogens (tertiary/aromatic N) is 2. The van der Waals surface area contributed by atoms with Gasteiger partial charge in [0.2, 0.25) is 0 Å². The molecular weight excluding hydrogens is 188 g/mol. The van der Waals surface area contributed by atoms with E-state index in [-0.39, 0.29) is 6.61 Å². The highest BCUT2D eigenvalue weighted by Crippen LogP contribution is 2.14. The third-order valence-electron chi connectivity index (χ3n) is 2.56. The number of aromatic nitrogens is 2. The Morgan fingerprint density at radius 1 is 1.20 bits per heavy atom. The predicted octanol–water partition coefficient (Wildman–Crippen LogP) is 1.98. The van der Waals surface area contributed by atoms with Gasteiger partial charge in [0, 0.05) is 11.3 Å². The quantitative estimate of drug-likeness (QED) is 0.808. The molecule has 1 N–H and O–H groups in total. The summed E-state index contributed by atoms with van der Waals surface area (Å²) in [4.78, 5) is 0. The van der Waals surface area contributed by atoms with Crippen LogP contribution in [-0.2, 0) is 6.61 Å². The maximum Gasteiger partial charge on any atom is 0.0715 e. The average molecular weight is 202 g/mol. The lowest BCUT2D eigenvalue weighted by atomic mass is 10.2. The maximum absolute atomic E-state index is 9.07. The van der Waals surface area contributed by atoms with Gasteiger partial charge in [-0.05, 0) is 26.0 Å². The molecule has 1 aromatic carbocycles. The Bertz CT molecular complexity index is 457. The molecule has 0 saturated carbocycles. The zero-order valence-corrected chi connectivity index (χ0v) is 8.94. The van der Waals surface area contributed by atoms with Crippen LogP contribution in [0.15, 0.2) is 30.5 Å². The number of hydrogen-bond donors (Lipinski definition) is 1. The number of benzene rings is 1. The van der Waals surface area contributed by atoms with Crippen LogP contribution in [0, 0.1) is 13.8 Å². The summed E-state index contributed by atoms with van der Waals surface area (Å²) in [6.45, 7) is 4.05. The van der Waals surface area contributed by atoms with Crippen molar-refractivity contribution in [2.45, 2.75) is 20.5 Å². The first-order valence-corrected chi connectivity index (χ1v) is 4.94. The van der Waals surface area contributed by atoms with Gasteiger partial charge in [0.1, 0.15) is 0 Å². The summed E-state index contributed by atoms with van der Waals surface area (Å²) >= 11 is 0. The minimum absolute atomic E-state index is 0.0394. The fraction of sp³-hybridized carbons (Fsp3) is 0.250. The summed E-state index contributed by atoms with van der Waals surface area (Å²) < 4.78 is 1.84. The van der Waals surface area contributed by atoms with Gasteiger partial charge in [-0.25, -0.2) is 4.68 Å². The topological polar surface area (TPSA) is 38.0 Å². The van der Waals surface area contributed by atoms with Crippen molar-refractivity contribution in [3.63, 3.8) is 0 Å². The van der Waals surface area contributed by atoms with Crippen molar-refractivity contribution in [1.29, 1.82) is 0 Å². The number of aryl methyl sites for hydroxylation is 1. The van der Waals surface area contributed by atoms with E-state index in [1.807, 2.05) is 23.7 Å². The van der Waals surface area contributed by atoms with Crippen molar-refractivity contribution in [2.24, 2.45) is 0 Å². The Balaban J connectivity index is 2.45. The summed E-state index contributed by atoms with van der Waals surface area (Å²) in [6, 6.07) is 8.15. The number of hydrogen-bond acceptors (Lipinski definition) is 2. The first-order valence-electron chi connectivity index (χ1n) is 4.94. The van der Waals surface area contributed by atoms with E-state index in [1.165, 1.54) is 5.56 Å². The van der Waals surface area contributed by atoms with Gasteiger partial charge in [-0.15, -0.1) is 0 Å². The summed E-state index contributed by atoms with van der Waals surface area (Å²) in [5.41, 5.74) is 4.11. The average Bonchev–Trinajstić information content (AvgIpc) is 2.61. The Kier molecular flexibility index (Phi) is 2.56. The molecule has 3 nitrogen and oxygen atoms in total. The third-order valence-corrected chi connectivity index (χ3v) is 2.56. The molecule has 0 unspecified atom stereocenters. The summed E-state index contributed by atoms with van der Waals surface area (Å²) in [5, 5.41) is 13.3. The first-order chi connectivity index (χ1) is 7.22. The second-order valence-corrected chi connectivity index (χ2v) is 3.66. The second kappa shape index (κ2) is 3.87. The molecule has 0 aliphatic rings. The van der Waals surface area contributed by atoms with Gasteiger partial charge in [-0.1, -0.05) is 17.7 Å². The SMILES string of the molecule is Cc1ccc(-n2ncc(CO)c2C)cc1. The maximum atomic E-state index is 9.07. The van der Waals surface area contributed by atoms with E-state index in [0.29, 0.717) is 0 Å². The molecule has 0 aliphatic carbocycles. The van der Waals surface area contributed by atoms with E-state index in [0.717, 1.165) is 16.9 Å². The summed E-state index contributed by atoms with van der Waals surface area (Å²) in [6.07, 6.45) is 1.70. The molecule has 2 rings (SSSR count). The zero-order valence-electron chi connectivity index (χ0n) is 8.94. The standard InChI is InChI=1S/C12H14N2O/c1-9-3-5-12(6-4-9)14-10(2)11(8-15)7-13-14/h3-7,15H,8H2,1-2H3. The van der Waals surface area contributed by atoms with E-state index >= 15 is 0 Å². The highest BCUT2D eigenvalue weighted by atomic mass is 16.3. The van der Waals surface area contributed by atoms with Crippen LogP contribution in [-0.4, -0.2) is 14.9 Å². The lowest BCUT2D eigenvalue weighted by Gasteiger charge is -2.05. The Morgan fingerprint density at radius 2 is 1.87 bits per heavy atom. The van der Waals surface area contributed by atoms with Crippen molar-refractivity contribution < 1.29 is 5.11 Å². The summed E-state index contributed by atoms with van der Waals surface area (Å²) in [5.74, 6) is 0. The molecule has 0 atom stereocenters. The Morgan fingerprint density at radius 3 is 2.40 bits per heavy atom. The normalized spacial score (nSPS) is 10.6. The van der Waals surface area contributed by atoms with Crippen molar-refractivity contribution in [1.82, 2.24) is 9.78 Å². The van der Waals surface area contributed by atoms with Gasteiger partial charge >= 0.3 is 0 Å². The van der Waals surface area contributed by atoms with Crippen LogP contribution in [0.4, 0.5) is 0 Å². The van der Waals surface area contributed by atoms with E-state index < -0.39 is 0 Å². The van der Waals surface area contributed by atoms with Crippen molar-refractivity contribution in [3.8, 4) is 5.69 Å². The highest BCUT2D eigenvalue weighted by Gasteiger charge is 2.06. The Labute approximate surface area is 89.0 Å². The monoisotopic (exact) mass is 202 g/mol. The van der Waals surface area contributed by atoms with Crippen molar-refractivity contribution in [3.05, 3.63) is 47.3 Å². The molecule has 78 valence electrons. The molecule has 2 aromatic rings. The van der Waals surface area contributed by atoms with Gasteiger partial charge in [0.05, 0.1) is 18.5 Å². The molecule has 0 spiro atoms. The van der Waals surface area contributed by atoms with Crippen molar-refractivity contribution in [2.75, 3.05) is 0 Å². The number of aliphatic hydroxyl groups excluding tert-OH is 1. The molecule has 0 fully saturated rings. The predicted molar refractivity (Wildman–Crippen MR) is 59.0 cm³/mol.